The van der Waals surface area contributed by atoms with E-state index in [0.717, 1.165) is 45.3 Å². The number of likely N-dealkylation sites (N-methyl/N-ethyl adjacent to an activating group) is 1. The molecule has 8 unspecified atom stereocenters. The molecule has 1 aromatic carbocycles. The van der Waals surface area contributed by atoms with Crippen LogP contribution in [0, 0.1) is 5.92 Å². The number of piperazine rings is 1. The molecule has 0 spiro atoms. The quantitative estimate of drug-likeness (QED) is 0.392. The third-order valence-corrected chi connectivity index (χ3v) is 10.5. The lowest BCUT2D eigenvalue weighted by molar-refractivity contribution is -0.199. The zero-order valence-electron chi connectivity index (χ0n) is 24.9. The molecule has 1 amide bonds. The van der Waals surface area contributed by atoms with E-state index in [1.54, 1.807) is 17.4 Å². The highest BCUT2D eigenvalue weighted by atomic mass is 19.1. The number of nitrogens with zero attached hydrogens (tertiary/aromatic N) is 5. The van der Waals surface area contributed by atoms with Crippen molar-refractivity contribution in [2.75, 3.05) is 39.8 Å². The third-order valence-electron chi connectivity index (χ3n) is 10.5. The van der Waals surface area contributed by atoms with Gasteiger partial charge in [0.15, 0.2) is 5.78 Å². The van der Waals surface area contributed by atoms with Crippen molar-refractivity contribution >= 4 is 11.7 Å². The van der Waals surface area contributed by atoms with Crippen LogP contribution in [0.4, 0.5) is 4.39 Å². The topological polar surface area (TPSA) is 82.9 Å². The Kier molecular flexibility index (Phi) is 8.09. The minimum absolute atomic E-state index is 0.0316. The Hall–Kier alpha value is -3.08. The molecule has 7 rings (SSSR count). The van der Waals surface area contributed by atoms with Crippen molar-refractivity contribution in [3.8, 4) is 0 Å². The fraction of sp³-hybridized carbons (Fsp3) is 0.606. The Balaban J connectivity index is 1.17. The monoisotopic (exact) mass is 590 g/mol. The van der Waals surface area contributed by atoms with Gasteiger partial charge in [-0.2, -0.15) is 0 Å². The first-order valence-electron chi connectivity index (χ1n) is 16.0. The first-order valence-corrected chi connectivity index (χ1v) is 16.0. The maximum Gasteiger partial charge on any atom is 0.259 e. The second kappa shape index (κ2) is 12.1. The molecule has 9 nitrogen and oxygen atoms in total. The zero-order valence-corrected chi connectivity index (χ0v) is 24.9. The van der Waals surface area contributed by atoms with Crippen molar-refractivity contribution in [1.82, 2.24) is 29.6 Å². The van der Waals surface area contributed by atoms with Crippen molar-refractivity contribution < 1.29 is 18.7 Å². The number of fused-ring (bicyclic) bond motifs is 2. The highest BCUT2D eigenvalue weighted by Gasteiger charge is 2.59. The molecule has 230 valence electrons. The van der Waals surface area contributed by atoms with Crippen LogP contribution in [-0.2, 0) is 20.9 Å². The minimum atomic E-state index is -1.24. The summed E-state index contributed by atoms with van der Waals surface area (Å²) in [7, 11) is 2.04. The normalized spacial score (nSPS) is 34.4. The number of aromatic nitrogens is 2. The van der Waals surface area contributed by atoms with Crippen LogP contribution in [0.25, 0.3) is 0 Å². The number of nitrogens with one attached hydrogen (secondary N) is 1. The van der Waals surface area contributed by atoms with Crippen LogP contribution in [0.3, 0.4) is 0 Å². The average molecular weight is 591 g/mol. The van der Waals surface area contributed by atoms with E-state index >= 15 is 4.39 Å². The summed E-state index contributed by atoms with van der Waals surface area (Å²) in [5, 5.41) is 3.48. The molecular formula is C33H43FN6O3. The number of morpholine rings is 1. The average Bonchev–Trinajstić information content (AvgIpc) is 3.55. The van der Waals surface area contributed by atoms with Gasteiger partial charge >= 0.3 is 0 Å². The molecule has 2 aliphatic carbocycles. The fourth-order valence-corrected chi connectivity index (χ4v) is 8.15. The number of hydrogen-bond acceptors (Lipinski definition) is 7. The third kappa shape index (κ3) is 5.53. The summed E-state index contributed by atoms with van der Waals surface area (Å²) >= 11 is 0. The van der Waals surface area contributed by atoms with Gasteiger partial charge in [-0.05, 0) is 57.2 Å². The number of halogens is 1. The molecular weight excluding hydrogens is 547 g/mol. The van der Waals surface area contributed by atoms with Gasteiger partial charge in [0.25, 0.3) is 5.91 Å². The van der Waals surface area contributed by atoms with Gasteiger partial charge in [0.1, 0.15) is 6.17 Å². The fourth-order valence-electron chi connectivity index (χ4n) is 8.15. The number of benzene rings is 1. The predicted molar refractivity (Wildman–Crippen MR) is 160 cm³/mol. The first-order chi connectivity index (χ1) is 21.0. The maximum absolute atomic E-state index is 16.1. The van der Waals surface area contributed by atoms with Crippen LogP contribution in [0.1, 0.15) is 43.6 Å². The van der Waals surface area contributed by atoms with Gasteiger partial charge in [-0.15, -0.1) is 0 Å². The standard InChI is InChI=1S/C33H43FN6O3/c1-37-14-16-39(17-15-37)33(42)25-20-40-27-18-23(22-6-3-2-4-7-22)8-9-28(27)43-32-29(26(34)19-24(30(32)40)31(25)41)36-10-5-12-38-13-11-35-21-38/h2-4,6-7,11,13,20-21,23-24,26-30,32,36H,5,8-10,12,14-19H2,1H3. The molecule has 4 fully saturated rings. The van der Waals surface area contributed by atoms with Gasteiger partial charge in [0, 0.05) is 57.2 Å². The number of rotatable bonds is 7. The zero-order chi connectivity index (χ0) is 29.5. The largest absolute Gasteiger partial charge is 0.369 e. The van der Waals surface area contributed by atoms with Crippen molar-refractivity contribution in [3.63, 3.8) is 0 Å². The summed E-state index contributed by atoms with van der Waals surface area (Å²) < 4.78 is 24.9. The molecule has 10 heteroatoms. The number of aryl methyl sites for hydroxylation is 1. The van der Waals surface area contributed by atoms with Crippen molar-refractivity contribution in [2.45, 2.75) is 81.1 Å². The number of Topliss-reactive ketones (excluding diaryl/α,β-unsaturated/α-hetero) is 1. The summed E-state index contributed by atoms with van der Waals surface area (Å²) in [5.41, 5.74) is 1.54. The van der Waals surface area contributed by atoms with E-state index in [-0.39, 0.29) is 41.9 Å². The van der Waals surface area contributed by atoms with Crippen LogP contribution < -0.4 is 5.32 Å². The molecule has 1 N–H and O–H groups in total. The van der Waals surface area contributed by atoms with Crippen LogP contribution in [0.15, 0.2) is 60.8 Å². The Morgan fingerprint density at radius 2 is 1.93 bits per heavy atom. The van der Waals surface area contributed by atoms with Gasteiger partial charge in [0.05, 0.1) is 42.2 Å². The molecule has 4 heterocycles. The van der Waals surface area contributed by atoms with E-state index in [0.29, 0.717) is 25.6 Å². The van der Waals surface area contributed by atoms with E-state index < -0.39 is 24.2 Å². The summed E-state index contributed by atoms with van der Waals surface area (Å²) in [6, 6.07) is 9.84. The summed E-state index contributed by atoms with van der Waals surface area (Å²) in [6.07, 6.45) is 9.24. The molecule has 3 aliphatic heterocycles. The number of carbonyl (C=O) groups excluding carboxylic acids is 2. The number of hydrogen-bond donors (Lipinski definition) is 1. The van der Waals surface area contributed by atoms with E-state index in [1.807, 2.05) is 30.1 Å². The Labute approximate surface area is 253 Å². The van der Waals surface area contributed by atoms with Crippen LogP contribution in [0.5, 0.6) is 0 Å². The molecule has 8 atom stereocenters. The summed E-state index contributed by atoms with van der Waals surface area (Å²) in [5.74, 6) is -0.646. The SMILES string of the molecule is CN1CCN(C(=O)C2=CN3C4CC(c5ccccc5)CCC4OC4C(NCCCn5ccnc5)C(F)CC(C2=O)C43)CC1. The highest BCUT2D eigenvalue weighted by Crippen LogP contribution is 2.48. The van der Waals surface area contributed by atoms with Gasteiger partial charge in [0.2, 0.25) is 0 Å². The van der Waals surface area contributed by atoms with E-state index in [2.05, 4.69) is 44.4 Å². The first kappa shape index (κ1) is 28.7. The molecule has 2 aromatic rings. The van der Waals surface area contributed by atoms with Crippen molar-refractivity contribution in [1.29, 1.82) is 0 Å². The van der Waals surface area contributed by atoms with E-state index in [4.69, 9.17) is 4.74 Å². The second-order valence-electron chi connectivity index (χ2n) is 13.1. The lowest BCUT2D eigenvalue weighted by Gasteiger charge is -2.60. The Morgan fingerprint density at radius 3 is 2.70 bits per heavy atom. The Bertz CT molecular complexity index is 1310. The summed E-state index contributed by atoms with van der Waals surface area (Å²) in [4.78, 5) is 38.2. The van der Waals surface area contributed by atoms with Gasteiger partial charge in [-0.1, -0.05) is 30.3 Å². The molecule has 0 bridgehead atoms. The lowest BCUT2D eigenvalue weighted by atomic mass is 9.68. The maximum atomic E-state index is 16.1. The molecule has 1 aromatic heterocycles. The van der Waals surface area contributed by atoms with Gasteiger partial charge in [-0.3, -0.25) is 9.59 Å². The second-order valence-corrected chi connectivity index (χ2v) is 13.1. The van der Waals surface area contributed by atoms with Crippen LogP contribution >= 0.6 is 0 Å². The van der Waals surface area contributed by atoms with Gasteiger partial charge < -0.3 is 29.3 Å². The molecule has 2 saturated carbocycles. The van der Waals surface area contributed by atoms with E-state index in [9.17, 15) is 9.59 Å². The number of amides is 1. The Morgan fingerprint density at radius 1 is 1.12 bits per heavy atom. The number of alkyl halides is 1. The van der Waals surface area contributed by atoms with Crippen molar-refractivity contribution in [3.05, 3.63) is 66.4 Å². The highest BCUT2D eigenvalue weighted by molar-refractivity contribution is 6.20. The molecule has 0 radical (unpaired) electrons. The van der Waals surface area contributed by atoms with Gasteiger partial charge in [-0.25, -0.2) is 9.37 Å². The molecule has 43 heavy (non-hydrogen) atoms. The van der Waals surface area contributed by atoms with E-state index in [1.165, 1.54) is 5.56 Å². The molecule has 5 aliphatic rings. The summed E-state index contributed by atoms with van der Waals surface area (Å²) in [6.45, 7) is 4.19. The van der Waals surface area contributed by atoms with Crippen molar-refractivity contribution in [2.24, 2.45) is 5.92 Å². The lowest BCUT2D eigenvalue weighted by Crippen LogP contribution is -2.73. The van der Waals surface area contributed by atoms with Crippen LogP contribution in [-0.4, -0.2) is 112 Å². The number of ketones is 1. The molecule has 2 saturated heterocycles. The number of imidazole rings is 1. The minimum Gasteiger partial charge on any atom is -0.369 e. The predicted octanol–water partition coefficient (Wildman–Crippen LogP) is 2.60. The van der Waals surface area contributed by atoms with Crippen LogP contribution in [0.2, 0.25) is 0 Å². The smallest absolute Gasteiger partial charge is 0.259 e. The number of ether oxygens (including phenoxy) is 1. The number of carbonyl (C=O) groups is 2.